The second kappa shape index (κ2) is 7.29. The average Bonchev–Trinajstić information content (AvgIpc) is 3.24. The lowest BCUT2D eigenvalue weighted by atomic mass is 10.0. The van der Waals surface area contributed by atoms with E-state index in [4.69, 9.17) is 9.47 Å². The van der Waals surface area contributed by atoms with Gasteiger partial charge in [0.05, 0.1) is 38.4 Å². The lowest BCUT2D eigenvalue weighted by molar-refractivity contribution is -0.132. The predicted octanol–water partition coefficient (Wildman–Crippen LogP) is 1.46. The minimum absolute atomic E-state index is 0.000360. The molecule has 0 saturated carbocycles. The number of hydrogen-bond donors (Lipinski definition) is 0. The van der Waals surface area contributed by atoms with Crippen molar-refractivity contribution in [2.75, 3.05) is 19.8 Å². The van der Waals surface area contributed by atoms with Crippen molar-refractivity contribution in [1.82, 2.24) is 14.9 Å². The Kier molecular flexibility index (Phi) is 4.72. The molecule has 0 aliphatic carbocycles. The Hall–Kier alpha value is -2.31. The quantitative estimate of drug-likeness (QED) is 0.825. The lowest BCUT2D eigenvalue weighted by Crippen LogP contribution is -2.39. The van der Waals surface area contributed by atoms with Crippen molar-refractivity contribution in [2.45, 2.75) is 25.2 Å². The topological polar surface area (TPSA) is 64.6 Å². The summed E-state index contributed by atoms with van der Waals surface area (Å²) in [6, 6.07) is 9.64. The highest BCUT2D eigenvalue weighted by Gasteiger charge is 2.47. The molecule has 0 spiro atoms. The first-order chi connectivity index (χ1) is 12.3. The van der Waals surface area contributed by atoms with Crippen LogP contribution in [0.25, 0.3) is 0 Å². The first-order valence-corrected chi connectivity index (χ1v) is 8.59. The van der Waals surface area contributed by atoms with E-state index in [2.05, 4.69) is 9.97 Å². The van der Waals surface area contributed by atoms with Crippen LogP contribution in [0.5, 0.6) is 0 Å². The summed E-state index contributed by atoms with van der Waals surface area (Å²) in [5.74, 6) is 0.330. The minimum Gasteiger partial charge on any atom is -0.379 e. The minimum atomic E-state index is 0.000360. The molecule has 2 aromatic heterocycles. The largest absolute Gasteiger partial charge is 0.379 e. The van der Waals surface area contributed by atoms with E-state index in [0.717, 1.165) is 11.3 Å². The number of pyridine rings is 2. The molecule has 0 N–H and O–H groups in total. The number of nitrogens with zero attached hydrogens (tertiary/aromatic N) is 3. The second-order valence-corrected chi connectivity index (χ2v) is 6.52. The molecule has 2 fully saturated rings. The fraction of sp³-hybridized carbons (Fsp3) is 0.421. The van der Waals surface area contributed by atoms with Gasteiger partial charge in [-0.15, -0.1) is 0 Å². The number of carbonyl (C=O) groups excluding carboxylic acids is 1. The summed E-state index contributed by atoms with van der Waals surface area (Å²) in [5.41, 5.74) is 1.83. The van der Waals surface area contributed by atoms with Gasteiger partial charge in [0.15, 0.2) is 0 Å². The summed E-state index contributed by atoms with van der Waals surface area (Å²) >= 11 is 0. The predicted molar refractivity (Wildman–Crippen MR) is 90.6 cm³/mol. The van der Waals surface area contributed by atoms with E-state index < -0.39 is 0 Å². The molecule has 130 valence electrons. The van der Waals surface area contributed by atoms with Crippen molar-refractivity contribution in [3.8, 4) is 0 Å². The van der Waals surface area contributed by atoms with Gasteiger partial charge in [-0.05, 0) is 23.8 Å². The van der Waals surface area contributed by atoms with Gasteiger partial charge < -0.3 is 14.4 Å². The van der Waals surface area contributed by atoms with Crippen molar-refractivity contribution in [2.24, 2.45) is 5.92 Å². The van der Waals surface area contributed by atoms with Crippen LogP contribution < -0.4 is 0 Å². The monoisotopic (exact) mass is 339 g/mol. The van der Waals surface area contributed by atoms with E-state index >= 15 is 0 Å². The number of likely N-dealkylation sites (tertiary alicyclic amines) is 1. The first-order valence-electron chi connectivity index (χ1n) is 8.59. The molecule has 0 aromatic carbocycles. The van der Waals surface area contributed by atoms with Crippen molar-refractivity contribution in [1.29, 1.82) is 0 Å². The van der Waals surface area contributed by atoms with Crippen LogP contribution in [0, 0.1) is 5.92 Å². The average molecular weight is 339 g/mol. The molecule has 4 heterocycles. The van der Waals surface area contributed by atoms with E-state index in [-0.39, 0.29) is 24.0 Å². The van der Waals surface area contributed by atoms with Gasteiger partial charge in [0.1, 0.15) is 0 Å². The van der Waals surface area contributed by atoms with Crippen molar-refractivity contribution in [3.05, 3.63) is 60.2 Å². The Morgan fingerprint density at radius 1 is 1.24 bits per heavy atom. The molecule has 25 heavy (non-hydrogen) atoms. The van der Waals surface area contributed by atoms with Gasteiger partial charge >= 0.3 is 0 Å². The highest BCUT2D eigenvalue weighted by molar-refractivity contribution is 5.79. The SMILES string of the molecule is O=C(Cc1ccccn1)N1C[C@@H](OCc2cccnc2)[C@@H]2COC[C@@H]21. The Labute approximate surface area is 146 Å². The van der Waals surface area contributed by atoms with E-state index in [1.807, 2.05) is 41.4 Å². The maximum Gasteiger partial charge on any atom is 0.229 e. The fourth-order valence-electron chi connectivity index (χ4n) is 3.61. The van der Waals surface area contributed by atoms with Crippen LogP contribution in [0.2, 0.25) is 0 Å². The van der Waals surface area contributed by atoms with Gasteiger partial charge in [0, 0.05) is 36.7 Å². The molecule has 4 rings (SSSR count). The maximum absolute atomic E-state index is 12.7. The number of rotatable bonds is 5. The number of amides is 1. The van der Waals surface area contributed by atoms with Gasteiger partial charge in [-0.3, -0.25) is 14.8 Å². The summed E-state index contributed by atoms with van der Waals surface area (Å²) in [5, 5.41) is 0. The van der Waals surface area contributed by atoms with Crippen LogP contribution in [0.15, 0.2) is 48.9 Å². The van der Waals surface area contributed by atoms with Gasteiger partial charge in [-0.1, -0.05) is 12.1 Å². The van der Waals surface area contributed by atoms with Gasteiger partial charge in [0.2, 0.25) is 5.91 Å². The normalized spacial score (nSPS) is 25.1. The van der Waals surface area contributed by atoms with Crippen LogP contribution in [-0.2, 0) is 27.3 Å². The number of fused-ring (bicyclic) bond motifs is 1. The maximum atomic E-state index is 12.7. The summed E-state index contributed by atoms with van der Waals surface area (Å²) in [4.78, 5) is 23.0. The van der Waals surface area contributed by atoms with E-state index in [1.165, 1.54) is 0 Å². The zero-order valence-electron chi connectivity index (χ0n) is 14.0. The van der Waals surface area contributed by atoms with E-state index in [0.29, 0.717) is 32.8 Å². The number of ether oxygens (including phenoxy) is 2. The molecule has 3 atom stereocenters. The fourth-order valence-corrected chi connectivity index (χ4v) is 3.61. The highest BCUT2D eigenvalue weighted by atomic mass is 16.5. The summed E-state index contributed by atoms with van der Waals surface area (Å²) < 4.78 is 11.7. The van der Waals surface area contributed by atoms with Crippen LogP contribution in [0.1, 0.15) is 11.3 Å². The first kappa shape index (κ1) is 16.2. The van der Waals surface area contributed by atoms with Crippen LogP contribution in [0.4, 0.5) is 0 Å². The zero-order chi connectivity index (χ0) is 17.1. The summed E-state index contributed by atoms with van der Waals surface area (Å²) in [6.45, 7) is 2.36. The third kappa shape index (κ3) is 3.55. The molecule has 2 aromatic rings. The van der Waals surface area contributed by atoms with Crippen molar-refractivity contribution >= 4 is 5.91 Å². The van der Waals surface area contributed by atoms with Crippen molar-refractivity contribution in [3.63, 3.8) is 0 Å². The van der Waals surface area contributed by atoms with Crippen LogP contribution in [-0.4, -0.2) is 52.7 Å². The van der Waals surface area contributed by atoms with Gasteiger partial charge in [-0.25, -0.2) is 0 Å². The molecule has 6 nitrogen and oxygen atoms in total. The molecule has 2 aliphatic heterocycles. The molecule has 0 radical (unpaired) electrons. The summed E-state index contributed by atoms with van der Waals surface area (Å²) in [7, 11) is 0. The van der Waals surface area contributed by atoms with E-state index in [1.54, 1.807) is 12.4 Å². The Morgan fingerprint density at radius 2 is 2.20 bits per heavy atom. The van der Waals surface area contributed by atoms with Crippen LogP contribution >= 0.6 is 0 Å². The standard InChI is InChI=1S/C19H21N3O3/c23-19(8-15-5-1-2-7-21-15)22-10-18(16-12-24-13-17(16)22)25-11-14-4-3-6-20-9-14/h1-7,9,16-18H,8,10-13H2/t16-,17+,18-/m1/s1. The Morgan fingerprint density at radius 3 is 3.00 bits per heavy atom. The van der Waals surface area contributed by atoms with Crippen LogP contribution in [0.3, 0.4) is 0 Å². The Bertz CT molecular complexity index is 710. The molecule has 0 bridgehead atoms. The highest BCUT2D eigenvalue weighted by Crippen LogP contribution is 2.33. The number of carbonyl (C=O) groups is 1. The smallest absolute Gasteiger partial charge is 0.229 e. The molecule has 0 unspecified atom stereocenters. The third-order valence-electron chi connectivity index (χ3n) is 4.91. The summed E-state index contributed by atoms with van der Waals surface area (Å²) in [6.07, 6.45) is 5.59. The second-order valence-electron chi connectivity index (χ2n) is 6.52. The zero-order valence-corrected chi connectivity index (χ0v) is 14.0. The lowest BCUT2D eigenvalue weighted by Gasteiger charge is -2.22. The number of aromatic nitrogens is 2. The van der Waals surface area contributed by atoms with E-state index in [9.17, 15) is 4.79 Å². The Balaban J connectivity index is 1.41. The van der Waals surface area contributed by atoms with Gasteiger partial charge in [0.25, 0.3) is 0 Å². The van der Waals surface area contributed by atoms with Crippen molar-refractivity contribution < 1.29 is 14.3 Å². The number of hydrogen-bond acceptors (Lipinski definition) is 5. The molecule has 6 heteroatoms. The molecular weight excluding hydrogens is 318 g/mol. The third-order valence-corrected chi connectivity index (χ3v) is 4.91. The molecule has 1 amide bonds. The molecular formula is C19H21N3O3. The molecule has 2 aliphatic rings. The molecule has 2 saturated heterocycles. The van der Waals surface area contributed by atoms with Gasteiger partial charge in [-0.2, -0.15) is 0 Å².